The Kier molecular flexibility index (Phi) is 6.37. The highest BCUT2D eigenvalue weighted by Crippen LogP contribution is 2.27. The summed E-state index contributed by atoms with van der Waals surface area (Å²) in [5, 5.41) is 6.53. The number of nitrogens with one attached hydrogen (secondary N) is 1. The standard InChI is InChI=1S/C17H21F3N4O5S2/c1-12-16(13(2)22-21-12)31(27,28)24-9-3-8-23(10-11-24)30(25,26)15-6-4-14(5-7-15)29-17(18,19)20/h4-7H,3,8-11H2,1-2H3,(H,21,22). The van der Waals surface area contributed by atoms with Crippen molar-refractivity contribution in [2.75, 3.05) is 26.2 Å². The van der Waals surface area contributed by atoms with E-state index in [9.17, 15) is 30.0 Å². The highest BCUT2D eigenvalue weighted by molar-refractivity contribution is 7.89. The van der Waals surface area contributed by atoms with Crippen LogP contribution in [0.5, 0.6) is 5.75 Å². The smallest absolute Gasteiger partial charge is 0.406 e. The number of hydrogen-bond donors (Lipinski definition) is 1. The lowest BCUT2D eigenvalue weighted by Crippen LogP contribution is -2.37. The van der Waals surface area contributed by atoms with Crippen LogP contribution >= 0.6 is 0 Å². The summed E-state index contributed by atoms with van der Waals surface area (Å²) in [4.78, 5) is -0.135. The lowest BCUT2D eigenvalue weighted by Gasteiger charge is -2.22. The average Bonchev–Trinajstić information content (AvgIpc) is 2.86. The molecular formula is C17H21F3N4O5S2. The first-order chi connectivity index (χ1) is 14.3. The lowest BCUT2D eigenvalue weighted by molar-refractivity contribution is -0.274. The normalized spacial score (nSPS) is 17.5. The molecular weight excluding hydrogens is 461 g/mol. The Bertz CT molecular complexity index is 1130. The van der Waals surface area contributed by atoms with E-state index >= 15 is 0 Å². The first kappa shape index (κ1) is 23.5. The summed E-state index contributed by atoms with van der Waals surface area (Å²) in [6.45, 7) is 3.18. The van der Waals surface area contributed by atoms with E-state index in [2.05, 4.69) is 14.9 Å². The number of alkyl halides is 3. The minimum absolute atomic E-state index is 0.0680. The van der Waals surface area contributed by atoms with Crippen LogP contribution in [0.25, 0.3) is 0 Å². The molecule has 9 nitrogen and oxygen atoms in total. The number of sulfonamides is 2. The fraction of sp³-hybridized carbons (Fsp3) is 0.471. The molecule has 1 aromatic heterocycles. The molecule has 0 aliphatic carbocycles. The van der Waals surface area contributed by atoms with E-state index < -0.39 is 32.2 Å². The van der Waals surface area contributed by atoms with E-state index in [1.807, 2.05) is 0 Å². The fourth-order valence-corrected chi connectivity index (χ4v) is 6.63. The molecule has 0 amide bonds. The molecule has 1 aromatic carbocycles. The van der Waals surface area contributed by atoms with Crippen molar-refractivity contribution < 1.29 is 34.7 Å². The Morgan fingerprint density at radius 3 is 1.97 bits per heavy atom. The van der Waals surface area contributed by atoms with Gasteiger partial charge in [-0.3, -0.25) is 5.10 Å². The minimum Gasteiger partial charge on any atom is -0.406 e. The maximum atomic E-state index is 13.0. The number of ether oxygens (including phenoxy) is 1. The molecule has 1 N–H and O–H groups in total. The van der Waals surface area contributed by atoms with Crippen LogP contribution in [0.1, 0.15) is 17.8 Å². The average molecular weight is 483 g/mol. The van der Waals surface area contributed by atoms with Crippen molar-refractivity contribution in [3.63, 3.8) is 0 Å². The van der Waals surface area contributed by atoms with Crippen molar-refractivity contribution in [3.8, 4) is 5.75 Å². The van der Waals surface area contributed by atoms with Gasteiger partial charge < -0.3 is 4.74 Å². The SMILES string of the molecule is Cc1n[nH]c(C)c1S(=O)(=O)N1CCCN(S(=O)(=O)c2ccc(OC(F)(F)F)cc2)CC1. The van der Waals surface area contributed by atoms with Gasteiger partial charge in [-0.1, -0.05) is 0 Å². The van der Waals surface area contributed by atoms with E-state index in [0.29, 0.717) is 11.4 Å². The third kappa shape index (κ3) is 5.02. The molecule has 0 radical (unpaired) electrons. The van der Waals surface area contributed by atoms with Gasteiger partial charge in [-0.15, -0.1) is 13.2 Å². The van der Waals surface area contributed by atoms with E-state index in [4.69, 9.17) is 0 Å². The summed E-state index contributed by atoms with van der Waals surface area (Å²) >= 11 is 0. The number of halogens is 3. The van der Waals surface area contributed by atoms with Crippen molar-refractivity contribution in [1.82, 2.24) is 18.8 Å². The van der Waals surface area contributed by atoms with Gasteiger partial charge in [-0.25, -0.2) is 16.8 Å². The molecule has 1 saturated heterocycles. The molecule has 2 heterocycles. The van der Waals surface area contributed by atoms with Crippen molar-refractivity contribution in [3.05, 3.63) is 35.7 Å². The second kappa shape index (κ2) is 8.41. The first-order valence-corrected chi connectivity index (χ1v) is 12.1. The molecule has 0 unspecified atom stereocenters. The number of hydrogen-bond acceptors (Lipinski definition) is 6. The summed E-state index contributed by atoms with van der Waals surface area (Å²) in [5.41, 5.74) is 0.722. The summed E-state index contributed by atoms with van der Waals surface area (Å²) < 4.78 is 94.8. The van der Waals surface area contributed by atoms with Gasteiger partial charge in [0, 0.05) is 26.2 Å². The van der Waals surface area contributed by atoms with Crippen LogP contribution in [0.4, 0.5) is 13.2 Å². The van der Waals surface area contributed by atoms with Crippen molar-refractivity contribution in [1.29, 1.82) is 0 Å². The van der Waals surface area contributed by atoms with E-state index in [0.717, 1.165) is 28.6 Å². The summed E-state index contributed by atoms with van der Waals surface area (Å²) in [7, 11) is -7.89. The van der Waals surface area contributed by atoms with Gasteiger partial charge in [0.2, 0.25) is 20.0 Å². The highest BCUT2D eigenvalue weighted by Gasteiger charge is 2.34. The van der Waals surface area contributed by atoms with Gasteiger partial charge in [0.05, 0.1) is 16.3 Å². The van der Waals surface area contributed by atoms with Crippen LogP contribution in [-0.4, -0.2) is 68.2 Å². The molecule has 0 spiro atoms. The van der Waals surface area contributed by atoms with Crippen LogP contribution in [0.15, 0.2) is 34.1 Å². The Balaban J connectivity index is 1.77. The van der Waals surface area contributed by atoms with Gasteiger partial charge in [0.15, 0.2) is 0 Å². The number of aromatic amines is 1. The molecule has 3 rings (SSSR count). The summed E-state index contributed by atoms with van der Waals surface area (Å²) in [6, 6.07) is 3.88. The highest BCUT2D eigenvalue weighted by atomic mass is 32.2. The first-order valence-electron chi connectivity index (χ1n) is 9.20. The molecule has 1 fully saturated rings. The van der Waals surface area contributed by atoms with Gasteiger partial charge in [-0.05, 0) is 44.5 Å². The second-order valence-electron chi connectivity index (χ2n) is 6.94. The number of nitrogens with zero attached hydrogens (tertiary/aromatic N) is 3. The van der Waals surface area contributed by atoms with Crippen LogP contribution in [0, 0.1) is 13.8 Å². The lowest BCUT2D eigenvalue weighted by atomic mass is 10.3. The number of aromatic nitrogens is 2. The zero-order chi connectivity index (χ0) is 23.0. The molecule has 172 valence electrons. The van der Waals surface area contributed by atoms with E-state index in [1.54, 1.807) is 13.8 Å². The molecule has 31 heavy (non-hydrogen) atoms. The van der Waals surface area contributed by atoms with Crippen molar-refractivity contribution in [2.24, 2.45) is 0 Å². The summed E-state index contributed by atoms with van der Waals surface area (Å²) in [5.74, 6) is -0.537. The monoisotopic (exact) mass is 482 g/mol. The molecule has 0 bridgehead atoms. The maximum Gasteiger partial charge on any atom is 0.573 e. The minimum atomic E-state index is -4.88. The van der Waals surface area contributed by atoms with E-state index in [-0.39, 0.29) is 42.4 Å². The molecule has 0 atom stereocenters. The van der Waals surface area contributed by atoms with Crippen LogP contribution in [0.3, 0.4) is 0 Å². The molecule has 14 heteroatoms. The predicted molar refractivity (Wildman–Crippen MR) is 103 cm³/mol. The molecule has 0 saturated carbocycles. The van der Waals surface area contributed by atoms with Crippen LogP contribution in [-0.2, 0) is 20.0 Å². The summed E-state index contributed by atoms with van der Waals surface area (Å²) in [6.07, 6.45) is -4.63. The molecule has 2 aromatic rings. The van der Waals surface area contributed by atoms with Crippen LogP contribution in [0.2, 0.25) is 0 Å². The Morgan fingerprint density at radius 1 is 0.935 bits per heavy atom. The largest absolute Gasteiger partial charge is 0.573 e. The molecule has 1 aliphatic heterocycles. The quantitative estimate of drug-likeness (QED) is 0.698. The third-order valence-electron chi connectivity index (χ3n) is 4.77. The number of H-pyrrole nitrogens is 1. The fourth-order valence-electron chi connectivity index (χ4n) is 3.36. The van der Waals surface area contributed by atoms with Gasteiger partial charge in [0.1, 0.15) is 10.6 Å². The third-order valence-corrected chi connectivity index (χ3v) is 8.84. The number of benzene rings is 1. The second-order valence-corrected chi connectivity index (χ2v) is 10.8. The number of rotatable bonds is 5. The van der Waals surface area contributed by atoms with Crippen molar-refractivity contribution >= 4 is 20.0 Å². The maximum absolute atomic E-state index is 13.0. The number of aryl methyl sites for hydroxylation is 2. The van der Waals surface area contributed by atoms with E-state index in [1.165, 1.54) is 4.31 Å². The van der Waals surface area contributed by atoms with Gasteiger partial charge >= 0.3 is 6.36 Å². The zero-order valence-corrected chi connectivity index (χ0v) is 18.3. The zero-order valence-electron chi connectivity index (χ0n) is 16.7. The van der Waals surface area contributed by atoms with Gasteiger partial charge in [-0.2, -0.15) is 13.7 Å². The topological polar surface area (TPSA) is 113 Å². The predicted octanol–water partition coefficient (Wildman–Crippen LogP) is 2.01. The van der Waals surface area contributed by atoms with Gasteiger partial charge in [0.25, 0.3) is 0 Å². The van der Waals surface area contributed by atoms with Crippen molar-refractivity contribution in [2.45, 2.75) is 36.4 Å². The molecule has 1 aliphatic rings. The Hall–Kier alpha value is -2.16. The van der Waals surface area contributed by atoms with Crippen LogP contribution < -0.4 is 4.74 Å². The Morgan fingerprint density at radius 2 is 1.48 bits per heavy atom. The Labute approximate surface area is 177 Å².